The van der Waals surface area contributed by atoms with Crippen LogP contribution in [-0.2, 0) is 17.8 Å². The number of hydrogen-bond donors (Lipinski definition) is 3. The standard InChI is InChI=1S/C33H32N2O7/c1-39-28-17-21-16-26(34-30(21)32(41-3)31(28)40-2)33(38)35-25-18-27(42-19-20-10-5-4-6-11-20)24-13-8-7-12-22(24)23(25)14-9-15-29(36)37/h4-8,10-13,16-18,34H,9,14-15,19H2,1-3H3,(H,35,38)(H,36,37). The Morgan fingerprint density at radius 3 is 2.24 bits per heavy atom. The maximum Gasteiger partial charge on any atom is 0.303 e. The number of fused-ring (bicyclic) bond motifs is 2. The molecular formula is C33H32N2O7. The molecule has 1 heterocycles. The normalized spacial score (nSPS) is 10.9. The maximum absolute atomic E-state index is 13.7. The minimum absolute atomic E-state index is 0.0133. The van der Waals surface area contributed by atoms with E-state index in [2.05, 4.69) is 10.3 Å². The highest BCUT2D eigenvalue weighted by Gasteiger charge is 2.21. The van der Waals surface area contributed by atoms with Crippen molar-refractivity contribution < 1.29 is 33.6 Å². The Labute approximate surface area is 243 Å². The smallest absolute Gasteiger partial charge is 0.303 e. The highest BCUT2D eigenvalue weighted by Crippen LogP contribution is 2.43. The Morgan fingerprint density at radius 1 is 0.833 bits per heavy atom. The van der Waals surface area contributed by atoms with E-state index in [1.165, 1.54) is 21.3 Å². The van der Waals surface area contributed by atoms with Gasteiger partial charge in [-0.15, -0.1) is 0 Å². The molecule has 9 nitrogen and oxygen atoms in total. The minimum Gasteiger partial charge on any atom is -0.493 e. The van der Waals surface area contributed by atoms with Crippen LogP contribution in [0.15, 0.2) is 72.8 Å². The van der Waals surface area contributed by atoms with Crippen LogP contribution in [0.5, 0.6) is 23.0 Å². The molecule has 9 heteroatoms. The van der Waals surface area contributed by atoms with Crippen molar-refractivity contribution in [2.75, 3.05) is 26.6 Å². The molecule has 3 N–H and O–H groups in total. The maximum atomic E-state index is 13.7. The summed E-state index contributed by atoms with van der Waals surface area (Å²) in [6, 6.07) is 22.9. The van der Waals surface area contributed by atoms with Crippen LogP contribution >= 0.6 is 0 Å². The van der Waals surface area contributed by atoms with Gasteiger partial charge in [0.15, 0.2) is 11.5 Å². The second-order valence-electron chi connectivity index (χ2n) is 9.71. The van der Waals surface area contributed by atoms with Crippen LogP contribution in [-0.4, -0.2) is 43.3 Å². The number of nitrogens with one attached hydrogen (secondary N) is 2. The van der Waals surface area contributed by atoms with Gasteiger partial charge in [-0.25, -0.2) is 0 Å². The van der Waals surface area contributed by atoms with Gasteiger partial charge in [0.25, 0.3) is 5.91 Å². The summed E-state index contributed by atoms with van der Waals surface area (Å²) >= 11 is 0. The van der Waals surface area contributed by atoms with Gasteiger partial charge in [-0.3, -0.25) is 9.59 Å². The first-order chi connectivity index (χ1) is 20.4. The molecule has 0 saturated carbocycles. The summed E-state index contributed by atoms with van der Waals surface area (Å²) in [6.07, 6.45) is 0.880. The lowest BCUT2D eigenvalue weighted by Gasteiger charge is -2.18. The van der Waals surface area contributed by atoms with E-state index in [-0.39, 0.29) is 12.3 Å². The number of aryl methyl sites for hydroxylation is 1. The molecule has 0 bridgehead atoms. The first-order valence-corrected chi connectivity index (χ1v) is 13.5. The molecule has 4 aromatic carbocycles. The molecule has 5 rings (SSSR count). The number of hydrogen-bond acceptors (Lipinski definition) is 6. The van der Waals surface area contributed by atoms with Crippen LogP contribution in [0.2, 0.25) is 0 Å². The van der Waals surface area contributed by atoms with Crippen LogP contribution in [0, 0.1) is 0 Å². The number of ether oxygens (including phenoxy) is 4. The number of amides is 1. The van der Waals surface area contributed by atoms with Gasteiger partial charge < -0.3 is 34.4 Å². The Kier molecular flexibility index (Phi) is 8.47. The van der Waals surface area contributed by atoms with Gasteiger partial charge >= 0.3 is 5.97 Å². The summed E-state index contributed by atoms with van der Waals surface area (Å²) < 4.78 is 22.8. The number of aromatic amines is 1. The van der Waals surface area contributed by atoms with Gasteiger partial charge in [0.05, 0.1) is 26.8 Å². The van der Waals surface area contributed by atoms with Crippen molar-refractivity contribution in [2.24, 2.45) is 0 Å². The molecule has 0 aliphatic carbocycles. The van der Waals surface area contributed by atoms with Crippen molar-refractivity contribution in [1.82, 2.24) is 4.98 Å². The molecule has 0 atom stereocenters. The summed E-state index contributed by atoms with van der Waals surface area (Å²) in [5.41, 5.74) is 3.29. The number of carbonyl (C=O) groups excluding carboxylic acids is 1. The quantitative estimate of drug-likeness (QED) is 0.155. The summed E-state index contributed by atoms with van der Waals surface area (Å²) in [4.78, 5) is 28.1. The minimum atomic E-state index is -0.870. The number of rotatable bonds is 12. The van der Waals surface area contributed by atoms with E-state index in [4.69, 9.17) is 18.9 Å². The zero-order valence-electron chi connectivity index (χ0n) is 23.7. The van der Waals surface area contributed by atoms with Gasteiger partial charge in [-0.1, -0.05) is 54.6 Å². The molecule has 0 fully saturated rings. The summed E-state index contributed by atoms with van der Waals surface area (Å²) in [6.45, 7) is 0.349. The third-order valence-corrected chi connectivity index (χ3v) is 7.09. The van der Waals surface area contributed by atoms with Crippen molar-refractivity contribution in [3.63, 3.8) is 0 Å². The van der Waals surface area contributed by atoms with Gasteiger partial charge in [0, 0.05) is 28.9 Å². The van der Waals surface area contributed by atoms with Crippen LogP contribution in [0.25, 0.3) is 21.7 Å². The topological polar surface area (TPSA) is 119 Å². The third kappa shape index (κ3) is 5.81. The fraction of sp³-hybridized carbons (Fsp3) is 0.212. The van der Waals surface area contributed by atoms with Gasteiger partial charge in [-0.05, 0) is 41.5 Å². The number of aromatic nitrogens is 1. The van der Waals surface area contributed by atoms with E-state index in [0.717, 1.165) is 21.9 Å². The SMILES string of the molecule is COc1cc2cc(C(=O)Nc3cc(OCc4ccccc4)c4ccccc4c3CCCC(=O)O)[nH]c2c(OC)c1OC. The molecular weight excluding hydrogens is 536 g/mol. The number of carboxylic acids is 1. The summed E-state index contributed by atoms with van der Waals surface area (Å²) in [7, 11) is 4.57. The van der Waals surface area contributed by atoms with Gasteiger partial charge in [-0.2, -0.15) is 0 Å². The van der Waals surface area contributed by atoms with Gasteiger partial charge in [0.1, 0.15) is 18.1 Å². The Bertz CT molecular complexity index is 1740. The van der Waals surface area contributed by atoms with E-state index >= 15 is 0 Å². The average molecular weight is 569 g/mol. The lowest BCUT2D eigenvalue weighted by atomic mass is 9.97. The Balaban J connectivity index is 1.55. The fourth-order valence-electron chi connectivity index (χ4n) is 5.11. The van der Waals surface area contributed by atoms with Gasteiger partial charge in [0.2, 0.25) is 5.75 Å². The van der Waals surface area contributed by atoms with E-state index in [1.54, 1.807) is 12.1 Å². The second kappa shape index (κ2) is 12.6. The average Bonchev–Trinajstić information content (AvgIpc) is 3.44. The fourth-order valence-corrected chi connectivity index (χ4v) is 5.11. The monoisotopic (exact) mass is 568 g/mol. The van der Waals surface area contributed by atoms with E-state index in [9.17, 15) is 14.7 Å². The number of methoxy groups -OCH3 is 3. The molecule has 216 valence electrons. The number of benzene rings is 4. The van der Waals surface area contributed by atoms with Crippen LogP contribution in [0.1, 0.15) is 34.5 Å². The Hall–Kier alpha value is -5.18. The lowest BCUT2D eigenvalue weighted by Crippen LogP contribution is -2.14. The first-order valence-electron chi connectivity index (χ1n) is 13.5. The lowest BCUT2D eigenvalue weighted by molar-refractivity contribution is -0.137. The predicted octanol–water partition coefficient (Wildman–Crippen LogP) is 6.59. The molecule has 0 saturated heterocycles. The van der Waals surface area contributed by atoms with Crippen LogP contribution in [0.3, 0.4) is 0 Å². The molecule has 1 amide bonds. The van der Waals surface area contributed by atoms with Crippen molar-refractivity contribution in [3.8, 4) is 23.0 Å². The summed E-state index contributed by atoms with van der Waals surface area (Å²) in [5.74, 6) is 0.669. The predicted molar refractivity (Wildman–Crippen MR) is 161 cm³/mol. The van der Waals surface area contributed by atoms with Crippen LogP contribution < -0.4 is 24.3 Å². The van der Waals surface area contributed by atoms with E-state index in [1.807, 2.05) is 60.7 Å². The second-order valence-corrected chi connectivity index (χ2v) is 9.71. The van der Waals surface area contributed by atoms with E-state index < -0.39 is 5.97 Å². The molecule has 0 radical (unpaired) electrons. The largest absolute Gasteiger partial charge is 0.493 e. The number of anilines is 1. The Morgan fingerprint density at radius 2 is 1.55 bits per heavy atom. The molecule has 0 spiro atoms. The third-order valence-electron chi connectivity index (χ3n) is 7.09. The highest BCUT2D eigenvalue weighted by molar-refractivity contribution is 6.09. The first kappa shape index (κ1) is 28.4. The molecule has 42 heavy (non-hydrogen) atoms. The van der Waals surface area contributed by atoms with E-state index in [0.29, 0.717) is 64.7 Å². The number of carboxylic acid groups (broad SMARTS) is 1. The number of aliphatic carboxylic acids is 1. The highest BCUT2D eigenvalue weighted by atomic mass is 16.5. The number of H-pyrrole nitrogens is 1. The zero-order chi connectivity index (χ0) is 29.6. The zero-order valence-corrected chi connectivity index (χ0v) is 23.7. The molecule has 0 aliphatic heterocycles. The molecule has 0 unspecified atom stereocenters. The summed E-state index contributed by atoms with van der Waals surface area (Å²) in [5, 5.41) is 14.8. The number of carbonyl (C=O) groups is 2. The molecule has 1 aromatic heterocycles. The molecule has 0 aliphatic rings. The van der Waals surface area contributed by atoms with Crippen molar-refractivity contribution >= 4 is 39.2 Å². The molecule has 5 aromatic rings. The van der Waals surface area contributed by atoms with Crippen molar-refractivity contribution in [2.45, 2.75) is 25.9 Å². The van der Waals surface area contributed by atoms with Crippen molar-refractivity contribution in [3.05, 3.63) is 89.6 Å². The van der Waals surface area contributed by atoms with Crippen LogP contribution in [0.4, 0.5) is 5.69 Å². The van der Waals surface area contributed by atoms with Crippen molar-refractivity contribution in [1.29, 1.82) is 0 Å².